The van der Waals surface area contributed by atoms with Crippen LogP contribution >= 0.6 is 11.3 Å². The van der Waals surface area contributed by atoms with Crippen LogP contribution in [0.25, 0.3) is 0 Å². The highest BCUT2D eigenvalue weighted by Gasteiger charge is 2.24. The lowest BCUT2D eigenvalue weighted by Gasteiger charge is -2.39. The Morgan fingerprint density at radius 1 is 1.42 bits per heavy atom. The number of hydrogen-bond acceptors (Lipinski definition) is 6. The Morgan fingerprint density at radius 3 is 2.79 bits per heavy atom. The fourth-order valence-electron chi connectivity index (χ4n) is 2.57. The van der Waals surface area contributed by atoms with Crippen molar-refractivity contribution < 1.29 is 4.74 Å². The molecule has 0 aliphatic carbocycles. The van der Waals surface area contributed by atoms with Gasteiger partial charge in [-0.2, -0.15) is 0 Å². The number of hydrogen-bond donors (Lipinski definition) is 1. The van der Waals surface area contributed by atoms with Crippen molar-refractivity contribution in [1.82, 2.24) is 9.88 Å². The zero-order valence-corrected chi connectivity index (χ0v) is 12.4. The summed E-state index contributed by atoms with van der Waals surface area (Å²) in [5.74, 6) is 0. The summed E-state index contributed by atoms with van der Waals surface area (Å²) in [7, 11) is 1.78. The highest BCUT2D eigenvalue weighted by Crippen LogP contribution is 2.20. The summed E-state index contributed by atoms with van der Waals surface area (Å²) in [5.41, 5.74) is 5.61. The van der Waals surface area contributed by atoms with Crippen LogP contribution < -0.4 is 10.6 Å². The van der Waals surface area contributed by atoms with Crippen LogP contribution in [-0.4, -0.2) is 62.4 Å². The molecule has 0 radical (unpaired) electrons. The largest absolute Gasteiger partial charge is 0.383 e. The van der Waals surface area contributed by atoms with Crippen molar-refractivity contribution in [3.8, 4) is 0 Å². The first-order valence-electron chi connectivity index (χ1n) is 6.92. The van der Waals surface area contributed by atoms with Gasteiger partial charge in [0.1, 0.15) is 0 Å². The summed E-state index contributed by atoms with van der Waals surface area (Å²) in [6.45, 7) is 5.83. The van der Waals surface area contributed by atoms with Gasteiger partial charge in [0.05, 0.1) is 6.61 Å². The van der Waals surface area contributed by atoms with Gasteiger partial charge >= 0.3 is 0 Å². The second kappa shape index (κ2) is 7.79. The molecule has 1 aliphatic heterocycles. The first-order valence-corrected chi connectivity index (χ1v) is 7.80. The Labute approximate surface area is 119 Å². The topological polar surface area (TPSA) is 54.6 Å². The molecule has 1 aromatic heterocycles. The van der Waals surface area contributed by atoms with Crippen LogP contribution in [-0.2, 0) is 4.74 Å². The molecule has 108 valence electrons. The fraction of sp³-hybridized carbons (Fsp3) is 0.769. The molecule has 0 aromatic carbocycles. The lowest BCUT2D eigenvalue weighted by atomic mass is 10.1. The van der Waals surface area contributed by atoms with E-state index in [0.717, 1.165) is 57.3 Å². The molecule has 5 nitrogen and oxygen atoms in total. The molecule has 1 saturated heterocycles. The van der Waals surface area contributed by atoms with E-state index in [0.29, 0.717) is 6.04 Å². The third-order valence-corrected chi connectivity index (χ3v) is 4.45. The predicted octanol–water partition coefficient (Wildman–Crippen LogP) is 1.02. The van der Waals surface area contributed by atoms with Crippen molar-refractivity contribution in [1.29, 1.82) is 0 Å². The molecule has 0 spiro atoms. The second-order valence-corrected chi connectivity index (χ2v) is 5.75. The third-order valence-electron chi connectivity index (χ3n) is 3.62. The van der Waals surface area contributed by atoms with Crippen molar-refractivity contribution in [3.05, 3.63) is 11.6 Å². The number of anilines is 1. The van der Waals surface area contributed by atoms with Crippen LogP contribution in [0.2, 0.25) is 0 Å². The normalized spacial score (nSPS) is 18.7. The van der Waals surface area contributed by atoms with Gasteiger partial charge in [0, 0.05) is 50.9 Å². The van der Waals surface area contributed by atoms with Crippen LogP contribution in [0, 0.1) is 0 Å². The highest BCUT2D eigenvalue weighted by atomic mass is 32.1. The average molecular weight is 284 g/mol. The Kier molecular flexibility index (Phi) is 6.03. The van der Waals surface area contributed by atoms with Crippen molar-refractivity contribution in [2.24, 2.45) is 5.73 Å². The van der Waals surface area contributed by atoms with Crippen molar-refractivity contribution in [3.63, 3.8) is 0 Å². The fourth-order valence-corrected chi connectivity index (χ4v) is 3.26. The molecule has 6 heteroatoms. The summed E-state index contributed by atoms with van der Waals surface area (Å²) < 4.78 is 5.35. The number of methoxy groups -OCH3 is 1. The summed E-state index contributed by atoms with van der Waals surface area (Å²) in [6, 6.07) is 0.506. The molecule has 1 fully saturated rings. The Hall–Kier alpha value is -0.690. The zero-order chi connectivity index (χ0) is 13.5. The number of aromatic nitrogens is 1. The lowest BCUT2D eigenvalue weighted by Crippen LogP contribution is -2.51. The maximum absolute atomic E-state index is 5.61. The molecular weight excluding hydrogens is 260 g/mol. The second-order valence-electron chi connectivity index (χ2n) is 4.88. The van der Waals surface area contributed by atoms with E-state index in [1.807, 2.05) is 11.6 Å². The van der Waals surface area contributed by atoms with Gasteiger partial charge in [-0.1, -0.05) is 0 Å². The number of nitrogens with two attached hydrogens (primary N) is 1. The van der Waals surface area contributed by atoms with Gasteiger partial charge in [0.2, 0.25) is 0 Å². The van der Waals surface area contributed by atoms with Crippen molar-refractivity contribution in [2.45, 2.75) is 18.9 Å². The Bertz CT molecular complexity index is 338. The summed E-state index contributed by atoms with van der Waals surface area (Å²) in [5, 5.41) is 3.18. The number of nitrogens with zero attached hydrogens (tertiary/aromatic N) is 3. The van der Waals surface area contributed by atoms with E-state index in [1.54, 1.807) is 18.4 Å². The van der Waals surface area contributed by atoms with E-state index in [-0.39, 0.29) is 0 Å². The van der Waals surface area contributed by atoms with Crippen molar-refractivity contribution in [2.75, 3.05) is 51.3 Å². The number of rotatable bonds is 7. The molecule has 1 aliphatic rings. The zero-order valence-electron chi connectivity index (χ0n) is 11.6. The molecule has 0 saturated carbocycles. The minimum absolute atomic E-state index is 0.506. The van der Waals surface area contributed by atoms with Gasteiger partial charge in [0.25, 0.3) is 0 Å². The van der Waals surface area contributed by atoms with E-state index in [9.17, 15) is 0 Å². The van der Waals surface area contributed by atoms with E-state index in [4.69, 9.17) is 10.5 Å². The molecule has 2 N–H and O–H groups in total. The quantitative estimate of drug-likeness (QED) is 0.810. The summed E-state index contributed by atoms with van der Waals surface area (Å²) >= 11 is 1.72. The highest BCUT2D eigenvalue weighted by molar-refractivity contribution is 7.13. The van der Waals surface area contributed by atoms with Crippen molar-refractivity contribution >= 4 is 16.5 Å². The Balaban J connectivity index is 1.83. The van der Waals surface area contributed by atoms with Crippen LogP contribution in [0.15, 0.2) is 11.6 Å². The van der Waals surface area contributed by atoms with Crippen LogP contribution in [0.1, 0.15) is 12.8 Å². The van der Waals surface area contributed by atoms with Gasteiger partial charge < -0.3 is 15.4 Å². The summed E-state index contributed by atoms with van der Waals surface area (Å²) in [6.07, 6.45) is 4.07. The van der Waals surface area contributed by atoms with Crippen LogP contribution in [0.5, 0.6) is 0 Å². The molecule has 1 aromatic rings. The smallest absolute Gasteiger partial charge is 0.185 e. The summed E-state index contributed by atoms with van der Waals surface area (Å²) in [4.78, 5) is 9.28. The van der Waals surface area contributed by atoms with E-state index >= 15 is 0 Å². The van der Waals surface area contributed by atoms with Gasteiger partial charge in [-0.3, -0.25) is 4.90 Å². The molecule has 0 amide bonds. The molecular formula is C13H24N4OS. The number of ether oxygens (including phenoxy) is 1. The van der Waals surface area contributed by atoms with Gasteiger partial charge in [0.15, 0.2) is 5.13 Å². The molecule has 2 rings (SSSR count). The molecule has 0 bridgehead atoms. The van der Waals surface area contributed by atoms with E-state index in [2.05, 4.69) is 14.8 Å². The minimum Gasteiger partial charge on any atom is -0.383 e. The maximum Gasteiger partial charge on any atom is 0.185 e. The lowest BCUT2D eigenvalue weighted by molar-refractivity contribution is 0.0801. The maximum atomic E-state index is 5.61. The SMILES string of the molecule is COCC(CCCN)N1CCN(c2nccs2)CC1. The predicted molar refractivity (Wildman–Crippen MR) is 79.9 cm³/mol. The number of piperazine rings is 1. The third kappa shape index (κ3) is 4.14. The Morgan fingerprint density at radius 2 is 2.21 bits per heavy atom. The molecule has 1 unspecified atom stereocenters. The van der Waals surface area contributed by atoms with Crippen LogP contribution in [0.4, 0.5) is 5.13 Å². The molecule has 19 heavy (non-hydrogen) atoms. The van der Waals surface area contributed by atoms with Gasteiger partial charge in [-0.15, -0.1) is 11.3 Å². The first-order chi connectivity index (χ1) is 9.35. The average Bonchev–Trinajstić information content (AvgIpc) is 2.98. The molecule has 2 heterocycles. The monoisotopic (exact) mass is 284 g/mol. The van der Waals surface area contributed by atoms with Gasteiger partial charge in [-0.05, 0) is 19.4 Å². The van der Waals surface area contributed by atoms with Crippen LogP contribution in [0.3, 0.4) is 0 Å². The van der Waals surface area contributed by atoms with E-state index < -0.39 is 0 Å². The number of thiazole rings is 1. The standard InChI is InChI=1S/C13H24N4OS/c1-18-11-12(3-2-4-14)16-6-8-17(9-7-16)13-15-5-10-19-13/h5,10,12H,2-4,6-9,11,14H2,1H3. The minimum atomic E-state index is 0.506. The first kappa shape index (κ1) is 14.7. The van der Waals surface area contributed by atoms with Gasteiger partial charge in [-0.25, -0.2) is 4.98 Å². The molecule has 1 atom stereocenters. The van der Waals surface area contributed by atoms with E-state index in [1.165, 1.54) is 0 Å².